The van der Waals surface area contributed by atoms with Crippen molar-refractivity contribution in [1.29, 1.82) is 0 Å². The van der Waals surface area contributed by atoms with E-state index in [0.717, 1.165) is 16.7 Å². The Hall–Kier alpha value is -3.68. The Balaban J connectivity index is 1.67. The predicted octanol–water partition coefficient (Wildman–Crippen LogP) is 2.62. The highest BCUT2D eigenvalue weighted by Crippen LogP contribution is 2.30. The fraction of sp³-hybridized carbons (Fsp3) is 0.105. The molecule has 0 radical (unpaired) electrons. The summed E-state index contributed by atoms with van der Waals surface area (Å²) in [4.78, 5) is 12.7. The van der Waals surface area contributed by atoms with E-state index in [4.69, 9.17) is 4.74 Å². The number of methoxy groups -OCH3 is 1. The summed E-state index contributed by atoms with van der Waals surface area (Å²) in [5.41, 5.74) is 2.84. The smallest absolute Gasteiger partial charge is 0.350 e. The highest BCUT2D eigenvalue weighted by atomic mass is 19.1. The average Bonchev–Trinajstić information content (AvgIpc) is 3.34. The van der Waals surface area contributed by atoms with Crippen molar-refractivity contribution in [3.63, 3.8) is 0 Å². The number of hydrogen-bond acceptors (Lipinski definition) is 4. The molecule has 0 aliphatic carbocycles. The van der Waals surface area contributed by atoms with Gasteiger partial charge in [-0.1, -0.05) is 12.1 Å². The van der Waals surface area contributed by atoms with Crippen LogP contribution >= 0.6 is 0 Å². The van der Waals surface area contributed by atoms with Gasteiger partial charge in [0, 0.05) is 23.4 Å². The standard InChI is InChI=1S/C19H16FN5O2/c1-27-18-8-16(6-7-17(18)14-9-21-22-10-14)25-19(26)24(12-23-25)11-13-2-4-15(20)5-3-13/h2-10,12H,11H2,1H3,(H,21,22). The number of aromatic amines is 1. The van der Waals surface area contributed by atoms with Crippen molar-refractivity contribution < 1.29 is 9.13 Å². The molecular formula is C19H16FN5O2. The van der Waals surface area contributed by atoms with Gasteiger partial charge in [0.15, 0.2) is 0 Å². The van der Waals surface area contributed by atoms with Crippen molar-refractivity contribution in [2.45, 2.75) is 6.54 Å². The number of rotatable bonds is 5. The molecule has 4 rings (SSSR count). The number of nitrogens with one attached hydrogen (secondary N) is 1. The molecule has 0 bridgehead atoms. The topological polar surface area (TPSA) is 77.7 Å². The maximum atomic E-state index is 13.0. The first-order chi connectivity index (χ1) is 13.2. The molecule has 0 aliphatic heterocycles. The number of hydrogen-bond donors (Lipinski definition) is 1. The zero-order chi connectivity index (χ0) is 18.8. The minimum Gasteiger partial charge on any atom is -0.496 e. The van der Waals surface area contributed by atoms with Gasteiger partial charge < -0.3 is 4.74 Å². The normalized spacial score (nSPS) is 10.9. The molecule has 0 saturated heterocycles. The molecule has 0 atom stereocenters. The highest BCUT2D eigenvalue weighted by molar-refractivity contribution is 5.70. The van der Waals surface area contributed by atoms with E-state index in [1.807, 2.05) is 6.07 Å². The fourth-order valence-corrected chi connectivity index (χ4v) is 2.85. The van der Waals surface area contributed by atoms with Crippen LogP contribution < -0.4 is 10.4 Å². The van der Waals surface area contributed by atoms with Gasteiger partial charge in [-0.2, -0.15) is 14.9 Å². The summed E-state index contributed by atoms with van der Waals surface area (Å²) in [6.07, 6.45) is 4.92. The van der Waals surface area contributed by atoms with Crippen LogP contribution in [0.5, 0.6) is 5.75 Å². The lowest BCUT2D eigenvalue weighted by Gasteiger charge is -2.09. The predicted molar refractivity (Wildman–Crippen MR) is 97.5 cm³/mol. The van der Waals surface area contributed by atoms with E-state index in [0.29, 0.717) is 18.0 Å². The third kappa shape index (κ3) is 3.24. The number of H-pyrrole nitrogens is 1. The van der Waals surface area contributed by atoms with E-state index in [2.05, 4.69) is 15.3 Å². The van der Waals surface area contributed by atoms with Crippen LogP contribution in [0.25, 0.3) is 16.8 Å². The molecule has 2 aromatic heterocycles. The molecule has 2 heterocycles. The lowest BCUT2D eigenvalue weighted by atomic mass is 10.1. The van der Waals surface area contributed by atoms with Crippen molar-refractivity contribution in [2.24, 2.45) is 0 Å². The number of ether oxygens (including phenoxy) is 1. The molecule has 0 amide bonds. The van der Waals surface area contributed by atoms with E-state index >= 15 is 0 Å². The van der Waals surface area contributed by atoms with Crippen LogP contribution in [0.15, 0.2) is 66.0 Å². The summed E-state index contributed by atoms with van der Waals surface area (Å²) in [6, 6.07) is 11.4. The number of nitrogens with zero attached hydrogens (tertiary/aromatic N) is 4. The molecule has 2 aromatic carbocycles. The van der Waals surface area contributed by atoms with Crippen LogP contribution in [0.3, 0.4) is 0 Å². The Morgan fingerprint density at radius 3 is 2.70 bits per heavy atom. The molecule has 1 N–H and O–H groups in total. The van der Waals surface area contributed by atoms with Gasteiger partial charge in [0.25, 0.3) is 0 Å². The lowest BCUT2D eigenvalue weighted by molar-refractivity contribution is 0.416. The Bertz CT molecular complexity index is 1110. The Morgan fingerprint density at radius 2 is 2.00 bits per heavy atom. The summed E-state index contributed by atoms with van der Waals surface area (Å²) in [7, 11) is 1.57. The van der Waals surface area contributed by atoms with E-state index in [9.17, 15) is 9.18 Å². The third-order valence-electron chi connectivity index (χ3n) is 4.24. The van der Waals surface area contributed by atoms with E-state index in [1.165, 1.54) is 27.7 Å². The van der Waals surface area contributed by atoms with Gasteiger partial charge in [0.1, 0.15) is 17.9 Å². The van der Waals surface area contributed by atoms with Gasteiger partial charge in [0.05, 0.1) is 25.5 Å². The first-order valence-corrected chi connectivity index (χ1v) is 8.22. The minimum atomic E-state index is -0.313. The molecule has 27 heavy (non-hydrogen) atoms. The third-order valence-corrected chi connectivity index (χ3v) is 4.24. The summed E-state index contributed by atoms with van der Waals surface area (Å²) in [5, 5.41) is 10.9. The zero-order valence-corrected chi connectivity index (χ0v) is 14.5. The van der Waals surface area contributed by atoms with E-state index < -0.39 is 0 Å². The van der Waals surface area contributed by atoms with Crippen molar-refractivity contribution in [1.82, 2.24) is 24.5 Å². The average molecular weight is 365 g/mol. The van der Waals surface area contributed by atoms with Crippen molar-refractivity contribution in [3.8, 4) is 22.6 Å². The van der Waals surface area contributed by atoms with Gasteiger partial charge in [-0.25, -0.2) is 9.18 Å². The zero-order valence-electron chi connectivity index (χ0n) is 14.5. The van der Waals surface area contributed by atoms with Gasteiger partial charge in [0.2, 0.25) is 0 Å². The van der Waals surface area contributed by atoms with Gasteiger partial charge >= 0.3 is 5.69 Å². The van der Waals surface area contributed by atoms with Crippen molar-refractivity contribution >= 4 is 0 Å². The van der Waals surface area contributed by atoms with Crippen LogP contribution in [0.1, 0.15) is 5.56 Å². The minimum absolute atomic E-state index is 0.294. The van der Waals surface area contributed by atoms with Crippen LogP contribution in [-0.2, 0) is 6.54 Å². The molecule has 8 heteroatoms. The fourth-order valence-electron chi connectivity index (χ4n) is 2.85. The largest absolute Gasteiger partial charge is 0.496 e. The second-order valence-corrected chi connectivity index (χ2v) is 5.95. The Morgan fingerprint density at radius 1 is 1.19 bits per heavy atom. The van der Waals surface area contributed by atoms with Gasteiger partial charge in [-0.3, -0.25) is 9.67 Å². The molecule has 136 valence electrons. The first-order valence-electron chi connectivity index (χ1n) is 8.22. The van der Waals surface area contributed by atoms with Crippen molar-refractivity contribution in [3.05, 3.63) is 83.1 Å². The number of halogens is 1. The molecule has 0 unspecified atom stereocenters. The second-order valence-electron chi connectivity index (χ2n) is 5.95. The van der Waals surface area contributed by atoms with Crippen LogP contribution in [0.2, 0.25) is 0 Å². The Labute approximate surface area is 153 Å². The summed E-state index contributed by atoms with van der Waals surface area (Å²) in [6.45, 7) is 0.309. The molecular weight excluding hydrogens is 349 g/mol. The SMILES string of the molecule is COc1cc(-n2ncn(Cc3ccc(F)cc3)c2=O)ccc1-c1cn[nH]c1. The number of benzene rings is 2. The monoisotopic (exact) mass is 365 g/mol. The van der Waals surface area contributed by atoms with Crippen molar-refractivity contribution in [2.75, 3.05) is 7.11 Å². The van der Waals surface area contributed by atoms with E-state index in [1.54, 1.807) is 43.8 Å². The summed E-state index contributed by atoms with van der Waals surface area (Å²) >= 11 is 0. The summed E-state index contributed by atoms with van der Waals surface area (Å²) < 4.78 is 21.2. The highest BCUT2D eigenvalue weighted by Gasteiger charge is 2.12. The maximum absolute atomic E-state index is 13.0. The lowest BCUT2D eigenvalue weighted by Crippen LogP contribution is -2.24. The van der Waals surface area contributed by atoms with Crippen LogP contribution in [0, 0.1) is 5.82 Å². The molecule has 0 spiro atoms. The van der Waals surface area contributed by atoms with Gasteiger partial charge in [-0.05, 0) is 29.8 Å². The first kappa shape index (κ1) is 16.8. The Kier molecular flexibility index (Phi) is 4.29. The summed E-state index contributed by atoms with van der Waals surface area (Å²) in [5.74, 6) is 0.292. The maximum Gasteiger partial charge on any atom is 0.350 e. The molecule has 0 saturated carbocycles. The molecule has 4 aromatic rings. The molecule has 7 nitrogen and oxygen atoms in total. The molecule has 0 aliphatic rings. The molecule has 0 fully saturated rings. The van der Waals surface area contributed by atoms with Crippen LogP contribution in [-0.4, -0.2) is 31.7 Å². The van der Waals surface area contributed by atoms with E-state index in [-0.39, 0.29) is 11.5 Å². The van der Waals surface area contributed by atoms with Crippen LogP contribution in [0.4, 0.5) is 4.39 Å². The quantitative estimate of drug-likeness (QED) is 0.590. The second kappa shape index (κ2) is 6.91. The van der Waals surface area contributed by atoms with Gasteiger partial charge in [-0.15, -0.1) is 0 Å². The number of aromatic nitrogens is 5.